The molecule has 1 aliphatic rings. The van der Waals surface area contributed by atoms with Crippen LogP contribution < -0.4 is 0 Å². The molecule has 2 aromatic rings. The van der Waals surface area contributed by atoms with Crippen LogP contribution in [0.3, 0.4) is 0 Å². The van der Waals surface area contributed by atoms with Crippen LogP contribution >= 0.6 is 0 Å². The first kappa shape index (κ1) is 17.0. The minimum Gasteiger partial charge on any atom is -0.387 e. The van der Waals surface area contributed by atoms with Crippen molar-refractivity contribution in [2.45, 2.75) is 45.4 Å². The molecule has 0 bridgehead atoms. The third-order valence-electron chi connectivity index (χ3n) is 4.58. The molecule has 0 unspecified atom stereocenters. The van der Waals surface area contributed by atoms with Gasteiger partial charge in [0.1, 0.15) is 11.6 Å². The van der Waals surface area contributed by atoms with Crippen molar-refractivity contribution in [3.63, 3.8) is 0 Å². The van der Waals surface area contributed by atoms with E-state index in [9.17, 15) is 13.9 Å². The fourth-order valence-corrected chi connectivity index (χ4v) is 3.32. The Kier molecular flexibility index (Phi) is 4.91. The van der Waals surface area contributed by atoms with Crippen molar-refractivity contribution in [2.75, 3.05) is 13.1 Å². The summed E-state index contributed by atoms with van der Waals surface area (Å²) in [6.07, 6.45) is 1.21. The van der Waals surface area contributed by atoms with E-state index in [1.54, 1.807) is 0 Å². The number of hydrogen-bond acceptors (Lipinski definition) is 4. The number of halogens is 2. The van der Waals surface area contributed by atoms with Crippen LogP contribution in [0.2, 0.25) is 0 Å². The second kappa shape index (κ2) is 6.94. The number of aromatic nitrogens is 3. The molecule has 24 heavy (non-hydrogen) atoms. The maximum Gasteiger partial charge on any atom is 0.159 e. The van der Waals surface area contributed by atoms with E-state index < -0.39 is 17.7 Å². The van der Waals surface area contributed by atoms with Gasteiger partial charge in [-0.05, 0) is 50.9 Å². The number of aryl methyl sites for hydroxylation is 2. The molecule has 7 heteroatoms. The minimum atomic E-state index is -0.932. The number of hydrogen-bond donors (Lipinski definition) is 1. The first-order chi connectivity index (χ1) is 11.4. The summed E-state index contributed by atoms with van der Waals surface area (Å²) in [6.45, 7) is 5.77. The highest BCUT2D eigenvalue weighted by Gasteiger charge is 2.28. The summed E-state index contributed by atoms with van der Waals surface area (Å²) in [5.41, 5.74) is 0.396. The first-order valence-corrected chi connectivity index (χ1v) is 8.19. The number of likely N-dealkylation sites (tertiary alicyclic amines) is 1. The van der Waals surface area contributed by atoms with Gasteiger partial charge < -0.3 is 5.11 Å². The first-order valence-electron chi connectivity index (χ1n) is 8.19. The molecule has 0 aliphatic carbocycles. The minimum absolute atomic E-state index is 0.254. The molecule has 3 rings (SSSR count). The largest absolute Gasteiger partial charge is 0.387 e. The molecule has 0 saturated carbocycles. The van der Waals surface area contributed by atoms with Gasteiger partial charge in [0.05, 0.1) is 12.6 Å². The highest BCUT2D eigenvalue weighted by molar-refractivity contribution is 5.20. The molecule has 1 saturated heterocycles. The Morgan fingerprint density at radius 3 is 2.75 bits per heavy atom. The molecule has 0 radical (unpaired) electrons. The predicted molar refractivity (Wildman–Crippen MR) is 85.4 cm³/mol. The van der Waals surface area contributed by atoms with Gasteiger partial charge in [-0.25, -0.2) is 18.4 Å². The molecule has 0 spiro atoms. The highest BCUT2D eigenvalue weighted by Crippen LogP contribution is 2.24. The maximum atomic E-state index is 13.3. The monoisotopic (exact) mass is 336 g/mol. The van der Waals surface area contributed by atoms with Gasteiger partial charge in [-0.15, -0.1) is 0 Å². The van der Waals surface area contributed by atoms with Gasteiger partial charge in [-0.1, -0.05) is 6.07 Å². The molecular weight excluding hydrogens is 314 g/mol. The van der Waals surface area contributed by atoms with Crippen molar-refractivity contribution in [1.82, 2.24) is 19.7 Å². The zero-order chi connectivity index (χ0) is 17.3. The Morgan fingerprint density at radius 1 is 1.29 bits per heavy atom. The number of aliphatic hydroxyl groups excluding tert-OH is 1. The van der Waals surface area contributed by atoms with E-state index in [4.69, 9.17) is 0 Å². The van der Waals surface area contributed by atoms with E-state index in [1.807, 2.05) is 18.5 Å². The maximum absolute atomic E-state index is 13.3. The van der Waals surface area contributed by atoms with Crippen molar-refractivity contribution < 1.29 is 13.9 Å². The third kappa shape index (κ3) is 3.62. The zero-order valence-corrected chi connectivity index (χ0v) is 13.9. The normalized spacial score (nSPS) is 19.8. The fourth-order valence-electron chi connectivity index (χ4n) is 3.32. The molecule has 1 N–H and O–H groups in total. The Bertz CT molecular complexity index is 719. The van der Waals surface area contributed by atoms with E-state index in [0.29, 0.717) is 12.1 Å². The molecule has 1 fully saturated rings. The SMILES string of the molecule is Cc1nc(C)n(C[C@H]2CCCN2C[C@H](O)c2ccc(F)c(F)c2)n1. The van der Waals surface area contributed by atoms with Crippen LogP contribution in [0.1, 0.15) is 36.2 Å². The summed E-state index contributed by atoms with van der Waals surface area (Å²) in [5.74, 6) is -0.209. The lowest BCUT2D eigenvalue weighted by molar-refractivity contribution is 0.0998. The Hall–Kier alpha value is -1.86. The van der Waals surface area contributed by atoms with Crippen molar-refractivity contribution in [3.8, 4) is 0 Å². The zero-order valence-electron chi connectivity index (χ0n) is 13.9. The average Bonchev–Trinajstić information content (AvgIpc) is 3.09. The summed E-state index contributed by atoms with van der Waals surface area (Å²) in [5, 5.41) is 14.8. The standard InChI is InChI=1S/C17H22F2N4O/c1-11-20-12(2)23(21-11)9-14-4-3-7-22(14)10-17(24)13-5-6-15(18)16(19)8-13/h5-6,8,14,17,24H,3-4,7,9-10H2,1-2H3/t14-,17+/m1/s1. The molecular formula is C17H22F2N4O. The molecule has 1 aromatic carbocycles. The Balaban J connectivity index is 1.66. The lowest BCUT2D eigenvalue weighted by Gasteiger charge is -2.27. The van der Waals surface area contributed by atoms with E-state index in [2.05, 4.69) is 15.0 Å². The van der Waals surface area contributed by atoms with Crippen molar-refractivity contribution in [2.24, 2.45) is 0 Å². The van der Waals surface area contributed by atoms with Gasteiger partial charge in [0.2, 0.25) is 0 Å². The predicted octanol–water partition coefficient (Wildman–Crippen LogP) is 2.37. The number of nitrogens with zero attached hydrogens (tertiary/aromatic N) is 4. The molecule has 2 atom stereocenters. The van der Waals surface area contributed by atoms with E-state index in [1.165, 1.54) is 6.07 Å². The van der Waals surface area contributed by atoms with Crippen molar-refractivity contribution in [3.05, 3.63) is 47.0 Å². The van der Waals surface area contributed by atoms with Crippen molar-refractivity contribution in [1.29, 1.82) is 0 Å². The molecule has 0 amide bonds. The van der Waals surface area contributed by atoms with Crippen LogP contribution in [0.25, 0.3) is 0 Å². The van der Waals surface area contributed by atoms with Gasteiger partial charge in [-0.3, -0.25) is 4.90 Å². The summed E-state index contributed by atoms with van der Waals surface area (Å²) in [6, 6.07) is 3.80. The van der Waals surface area contributed by atoms with Gasteiger partial charge in [-0.2, -0.15) is 5.10 Å². The summed E-state index contributed by atoms with van der Waals surface area (Å²) < 4.78 is 28.3. The molecule has 2 heterocycles. The van der Waals surface area contributed by atoms with Crippen LogP contribution in [0.15, 0.2) is 18.2 Å². The average molecular weight is 336 g/mol. The highest BCUT2D eigenvalue weighted by atomic mass is 19.2. The second-order valence-electron chi connectivity index (χ2n) is 6.37. The lowest BCUT2D eigenvalue weighted by atomic mass is 10.1. The summed E-state index contributed by atoms with van der Waals surface area (Å²) in [4.78, 5) is 6.49. The summed E-state index contributed by atoms with van der Waals surface area (Å²) in [7, 11) is 0. The van der Waals surface area contributed by atoms with Crippen LogP contribution in [0.5, 0.6) is 0 Å². The fraction of sp³-hybridized carbons (Fsp3) is 0.529. The number of rotatable bonds is 5. The van der Waals surface area contributed by atoms with E-state index in [0.717, 1.165) is 49.7 Å². The topological polar surface area (TPSA) is 54.2 Å². The smallest absolute Gasteiger partial charge is 0.159 e. The van der Waals surface area contributed by atoms with E-state index >= 15 is 0 Å². The van der Waals surface area contributed by atoms with Crippen LogP contribution in [0.4, 0.5) is 8.78 Å². The molecule has 5 nitrogen and oxygen atoms in total. The Labute approximate surface area is 139 Å². The van der Waals surface area contributed by atoms with Gasteiger partial charge >= 0.3 is 0 Å². The number of aliphatic hydroxyl groups is 1. The van der Waals surface area contributed by atoms with Crippen LogP contribution in [0, 0.1) is 25.5 Å². The number of β-amino-alcohol motifs (C(OH)–C–C–N with tert-alkyl or cyclic N) is 1. The van der Waals surface area contributed by atoms with Crippen LogP contribution in [-0.2, 0) is 6.54 Å². The van der Waals surface area contributed by atoms with E-state index in [-0.39, 0.29) is 6.04 Å². The quantitative estimate of drug-likeness (QED) is 0.911. The van der Waals surface area contributed by atoms with Crippen LogP contribution in [-0.4, -0.2) is 43.9 Å². The Morgan fingerprint density at radius 2 is 2.08 bits per heavy atom. The van der Waals surface area contributed by atoms with Crippen molar-refractivity contribution >= 4 is 0 Å². The number of benzene rings is 1. The molecule has 1 aromatic heterocycles. The van der Waals surface area contributed by atoms with Gasteiger partial charge in [0.15, 0.2) is 11.6 Å². The van der Waals surface area contributed by atoms with Gasteiger partial charge in [0, 0.05) is 12.6 Å². The molecule has 1 aliphatic heterocycles. The van der Waals surface area contributed by atoms with Gasteiger partial charge in [0.25, 0.3) is 0 Å². The lowest BCUT2D eigenvalue weighted by Crippen LogP contribution is -2.36. The summed E-state index contributed by atoms with van der Waals surface area (Å²) >= 11 is 0. The molecule has 130 valence electrons. The third-order valence-corrected chi connectivity index (χ3v) is 4.58. The second-order valence-corrected chi connectivity index (χ2v) is 6.37.